The lowest BCUT2D eigenvalue weighted by molar-refractivity contribution is 0.201. The largest absolute Gasteiger partial charge is 0.479 e. The van der Waals surface area contributed by atoms with Gasteiger partial charge < -0.3 is 15.2 Å². The first-order valence-electron chi connectivity index (χ1n) is 6.55. The lowest BCUT2D eigenvalue weighted by Crippen LogP contribution is -2.38. The summed E-state index contributed by atoms with van der Waals surface area (Å²) in [5, 5.41) is 21.2. The Bertz CT molecular complexity index is 409. The molecule has 0 aliphatic carbocycles. The second-order valence-corrected chi connectivity index (χ2v) is 4.94. The molecule has 0 radical (unpaired) electrons. The molecule has 0 fully saturated rings. The number of rotatable bonds is 7. The third kappa shape index (κ3) is 4.90. The molecular formula is C15H22N2O2. The van der Waals surface area contributed by atoms with E-state index in [0.717, 1.165) is 5.56 Å². The molecule has 0 spiro atoms. The maximum atomic E-state index is 9.32. The predicted octanol–water partition coefficient (Wildman–Crippen LogP) is 2.26. The van der Waals surface area contributed by atoms with Crippen LogP contribution in [0.15, 0.2) is 24.3 Å². The van der Waals surface area contributed by atoms with Crippen LogP contribution in [0.1, 0.15) is 32.4 Å². The van der Waals surface area contributed by atoms with Crippen LogP contribution < -0.4 is 10.1 Å². The molecule has 0 aliphatic heterocycles. The van der Waals surface area contributed by atoms with Gasteiger partial charge in [0.25, 0.3) is 0 Å². The van der Waals surface area contributed by atoms with Crippen LogP contribution in [-0.4, -0.2) is 24.4 Å². The molecule has 1 unspecified atom stereocenters. The summed E-state index contributed by atoms with van der Waals surface area (Å²) in [6, 6.07) is 9.84. The van der Waals surface area contributed by atoms with Gasteiger partial charge in [-0.3, -0.25) is 0 Å². The Morgan fingerprint density at radius 1 is 1.26 bits per heavy atom. The van der Waals surface area contributed by atoms with Crippen molar-refractivity contribution in [3.8, 4) is 11.8 Å². The van der Waals surface area contributed by atoms with Gasteiger partial charge in [0, 0.05) is 12.1 Å². The summed E-state index contributed by atoms with van der Waals surface area (Å²) < 4.78 is 5.21. The van der Waals surface area contributed by atoms with Crippen molar-refractivity contribution in [2.75, 3.05) is 13.2 Å². The van der Waals surface area contributed by atoms with E-state index in [0.29, 0.717) is 11.7 Å². The third-order valence-electron chi connectivity index (χ3n) is 3.15. The minimum absolute atomic E-state index is 0.0626. The average molecular weight is 262 g/mol. The Hall–Kier alpha value is -1.57. The van der Waals surface area contributed by atoms with Crippen LogP contribution in [0.2, 0.25) is 0 Å². The standard InChI is InChI=1S/C15H22N2O2/c1-11(2)15(10-18)17-12(3)13-4-6-14(7-5-13)19-9-8-16/h4-7,11-12,15,17-18H,9-10H2,1-3H3/t12?,15-/m1/s1. The number of benzene rings is 1. The molecule has 0 saturated carbocycles. The Labute approximate surface area is 115 Å². The van der Waals surface area contributed by atoms with Gasteiger partial charge in [-0.1, -0.05) is 26.0 Å². The predicted molar refractivity (Wildman–Crippen MR) is 74.8 cm³/mol. The van der Waals surface area contributed by atoms with Crippen molar-refractivity contribution in [3.63, 3.8) is 0 Å². The summed E-state index contributed by atoms with van der Waals surface area (Å²) >= 11 is 0. The number of nitrogens with zero attached hydrogens (tertiary/aromatic N) is 1. The van der Waals surface area contributed by atoms with Gasteiger partial charge in [-0.05, 0) is 30.5 Å². The first-order valence-corrected chi connectivity index (χ1v) is 6.55. The summed E-state index contributed by atoms with van der Waals surface area (Å²) in [6.07, 6.45) is 0. The fourth-order valence-electron chi connectivity index (χ4n) is 1.84. The number of nitriles is 1. The lowest BCUT2D eigenvalue weighted by Gasteiger charge is -2.25. The molecular weight excluding hydrogens is 240 g/mol. The first-order chi connectivity index (χ1) is 9.08. The zero-order chi connectivity index (χ0) is 14.3. The van der Waals surface area contributed by atoms with Gasteiger partial charge in [0.2, 0.25) is 0 Å². The van der Waals surface area contributed by atoms with E-state index in [1.807, 2.05) is 30.3 Å². The molecule has 0 aliphatic rings. The fraction of sp³-hybridized carbons (Fsp3) is 0.533. The number of aliphatic hydroxyl groups is 1. The first kappa shape index (κ1) is 15.5. The second kappa shape index (κ2) is 7.78. The third-order valence-corrected chi connectivity index (χ3v) is 3.15. The summed E-state index contributed by atoms with van der Waals surface area (Å²) in [5.41, 5.74) is 1.13. The van der Waals surface area contributed by atoms with E-state index in [1.54, 1.807) is 0 Å². The van der Waals surface area contributed by atoms with Crippen molar-refractivity contribution in [1.82, 2.24) is 5.32 Å². The van der Waals surface area contributed by atoms with Gasteiger partial charge >= 0.3 is 0 Å². The van der Waals surface area contributed by atoms with Gasteiger partial charge in [-0.15, -0.1) is 0 Å². The normalized spacial score (nSPS) is 13.9. The van der Waals surface area contributed by atoms with Crippen LogP contribution in [0.3, 0.4) is 0 Å². The van der Waals surface area contributed by atoms with Crippen molar-refractivity contribution in [2.45, 2.75) is 32.9 Å². The molecule has 1 aromatic rings. The van der Waals surface area contributed by atoms with Crippen LogP contribution in [0.4, 0.5) is 0 Å². The topological polar surface area (TPSA) is 65.3 Å². The minimum atomic E-state index is 0.0626. The number of aliphatic hydroxyl groups excluding tert-OH is 1. The molecule has 19 heavy (non-hydrogen) atoms. The molecule has 0 bridgehead atoms. The van der Waals surface area contributed by atoms with E-state index in [1.165, 1.54) is 0 Å². The van der Waals surface area contributed by atoms with Gasteiger partial charge in [0.15, 0.2) is 6.61 Å². The monoisotopic (exact) mass is 262 g/mol. The van der Waals surface area contributed by atoms with Gasteiger partial charge in [0.1, 0.15) is 11.8 Å². The SMILES string of the molecule is CC(N[C@H](CO)C(C)C)c1ccc(OCC#N)cc1. The Balaban J connectivity index is 2.62. The van der Waals surface area contributed by atoms with E-state index in [9.17, 15) is 5.11 Å². The summed E-state index contributed by atoms with van der Waals surface area (Å²) in [4.78, 5) is 0. The average Bonchev–Trinajstić information content (AvgIpc) is 2.42. The van der Waals surface area contributed by atoms with Gasteiger partial charge in [-0.2, -0.15) is 5.26 Å². The summed E-state index contributed by atoms with van der Waals surface area (Å²) in [6.45, 7) is 6.42. The van der Waals surface area contributed by atoms with Gasteiger partial charge in [-0.25, -0.2) is 0 Å². The van der Waals surface area contributed by atoms with Crippen LogP contribution in [0.5, 0.6) is 5.75 Å². The molecule has 0 aromatic heterocycles. The summed E-state index contributed by atoms with van der Waals surface area (Å²) in [5.74, 6) is 1.07. The highest BCUT2D eigenvalue weighted by Crippen LogP contribution is 2.19. The van der Waals surface area contributed by atoms with E-state index < -0.39 is 0 Å². The van der Waals surface area contributed by atoms with Crippen molar-refractivity contribution in [1.29, 1.82) is 5.26 Å². The Kier molecular flexibility index (Phi) is 6.34. The smallest absolute Gasteiger partial charge is 0.174 e. The fourth-order valence-corrected chi connectivity index (χ4v) is 1.84. The van der Waals surface area contributed by atoms with Crippen LogP contribution in [0, 0.1) is 17.2 Å². The van der Waals surface area contributed by atoms with Crippen molar-refractivity contribution < 1.29 is 9.84 Å². The molecule has 4 nitrogen and oxygen atoms in total. The van der Waals surface area contributed by atoms with Crippen molar-refractivity contribution >= 4 is 0 Å². The number of hydrogen-bond acceptors (Lipinski definition) is 4. The maximum absolute atomic E-state index is 9.32. The van der Waals surface area contributed by atoms with Gasteiger partial charge in [0.05, 0.1) is 6.61 Å². The highest BCUT2D eigenvalue weighted by molar-refractivity contribution is 5.29. The molecule has 2 N–H and O–H groups in total. The van der Waals surface area contributed by atoms with E-state index in [-0.39, 0.29) is 25.3 Å². The Morgan fingerprint density at radius 2 is 1.89 bits per heavy atom. The number of ether oxygens (including phenoxy) is 1. The molecule has 0 heterocycles. The number of nitrogens with one attached hydrogen (secondary N) is 1. The zero-order valence-electron chi connectivity index (χ0n) is 11.8. The number of hydrogen-bond donors (Lipinski definition) is 2. The molecule has 1 aromatic carbocycles. The van der Waals surface area contributed by atoms with Crippen molar-refractivity contribution in [2.24, 2.45) is 5.92 Å². The van der Waals surface area contributed by atoms with Crippen molar-refractivity contribution in [3.05, 3.63) is 29.8 Å². The van der Waals surface area contributed by atoms with Crippen LogP contribution in [-0.2, 0) is 0 Å². The molecule has 2 atom stereocenters. The quantitative estimate of drug-likeness (QED) is 0.791. The summed E-state index contributed by atoms with van der Waals surface area (Å²) in [7, 11) is 0. The Morgan fingerprint density at radius 3 is 2.37 bits per heavy atom. The minimum Gasteiger partial charge on any atom is -0.479 e. The lowest BCUT2D eigenvalue weighted by atomic mass is 10.0. The van der Waals surface area contributed by atoms with E-state index in [4.69, 9.17) is 10.00 Å². The molecule has 104 valence electrons. The molecule has 0 saturated heterocycles. The maximum Gasteiger partial charge on any atom is 0.174 e. The highest BCUT2D eigenvalue weighted by atomic mass is 16.5. The van der Waals surface area contributed by atoms with Crippen LogP contribution >= 0.6 is 0 Å². The zero-order valence-corrected chi connectivity index (χ0v) is 11.8. The molecule has 4 heteroatoms. The van der Waals surface area contributed by atoms with E-state index >= 15 is 0 Å². The highest BCUT2D eigenvalue weighted by Gasteiger charge is 2.15. The molecule has 1 rings (SSSR count). The van der Waals surface area contributed by atoms with Crippen LogP contribution in [0.25, 0.3) is 0 Å². The van der Waals surface area contributed by atoms with E-state index in [2.05, 4.69) is 26.1 Å². The molecule has 0 amide bonds. The second-order valence-electron chi connectivity index (χ2n) is 4.94.